The fraction of sp³-hybridized carbons (Fsp3) is 0.200. The van der Waals surface area contributed by atoms with Crippen molar-refractivity contribution in [1.29, 1.82) is 0 Å². The number of hydrogen-bond donors (Lipinski definition) is 2. The number of alkyl halides is 3. The molecule has 7 nitrogen and oxygen atoms in total. The van der Waals surface area contributed by atoms with Crippen molar-refractivity contribution in [3.8, 4) is 0 Å². The second-order valence-corrected chi connectivity index (χ2v) is 6.45. The Morgan fingerprint density at radius 3 is 2.53 bits per heavy atom. The van der Waals surface area contributed by atoms with Crippen molar-refractivity contribution in [2.24, 2.45) is 0 Å². The van der Waals surface area contributed by atoms with Crippen LogP contribution in [0.4, 0.5) is 24.5 Å². The maximum absolute atomic E-state index is 12.9. The zero-order valence-corrected chi connectivity index (χ0v) is 16.1. The monoisotopic (exact) mass is 417 g/mol. The summed E-state index contributed by atoms with van der Waals surface area (Å²) in [7, 11) is 0. The van der Waals surface area contributed by atoms with Crippen LogP contribution in [-0.4, -0.2) is 26.8 Å². The molecule has 2 aromatic carbocycles. The number of aryl methyl sites for hydroxylation is 2. The number of nitrogens with one attached hydrogen (secondary N) is 2. The van der Waals surface area contributed by atoms with Crippen molar-refractivity contribution < 1.29 is 22.8 Å². The van der Waals surface area contributed by atoms with Crippen LogP contribution in [-0.2, 0) is 12.7 Å². The molecule has 3 aromatic rings. The summed E-state index contributed by atoms with van der Waals surface area (Å²) in [4.78, 5) is 25.0. The van der Waals surface area contributed by atoms with Crippen LogP contribution in [0.25, 0.3) is 0 Å². The summed E-state index contributed by atoms with van der Waals surface area (Å²) in [6, 6.07) is 8.96. The standard InChI is InChI=1S/C20H18F3N5O2/c1-3-28-17(11-24-27-28)19(30)26-16-9-13(8-7-12(16)2)18(29)25-15-6-4-5-14(10-15)20(21,22)23/h4-11H,3H2,1-2H3,(H,25,29)(H,26,30). The molecular formula is C20H18F3N5O2. The average molecular weight is 417 g/mol. The smallest absolute Gasteiger partial charge is 0.322 e. The summed E-state index contributed by atoms with van der Waals surface area (Å²) in [6.07, 6.45) is -3.18. The molecule has 0 fully saturated rings. The molecule has 2 N–H and O–H groups in total. The molecule has 0 spiro atoms. The molecule has 0 unspecified atom stereocenters. The topological polar surface area (TPSA) is 88.9 Å². The van der Waals surface area contributed by atoms with Gasteiger partial charge in [-0.2, -0.15) is 13.2 Å². The third-order valence-electron chi connectivity index (χ3n) is 4.35. The average Bonchev–Trinajstić information content (AvgIpc) is 3.18. The summed E-state index contributed by atoms with van der Waals surface area (Å²) >= 11 is 0. The van der Waals surface area contributed by atoms with E-state index in [4.69, 9.17) is 0 Å². The van der Waals surface area contributed by atoms with E-state index in [9.17, 15) is 22.8 Å². The second kappa shape index (κ2) is 8.36. The molecule has 10 heteroatoms. The fourth-order valence-electron chi connectivity index (χ4n) is 2.73. The zero-order valence-electron chi connectivity index (χ0n) is 16.1. The molecule has 0 atom stereocenters. The van der Waals surface area contributed by atoms with E-state index < -0.39 is 23.6 Å². The van der Waals surface area contributed by atoms with Gasteiger partial charge in [0.05, 0.1) is 11.8 Å². The van der Waals surface area contributed by atoms with Gasteiger partial charge in [-0.25, -0.2) is 4.68 Å². The van der Waals surface area contributed by atoms with Gasteiger partial charge in [0, 0.05) is 23.5 Å². The molecule has 0 radical (unpaired) electrons. The van der Waals surface area contributed by atoms with Crippen LogP contribution in [0.15, 0.2) is 48.7 Å². The Bertz CT molecular complexity index is 1090. The number of aromatic nitrogens is 3. The Kier molecular flexibility index (Phi) is 5.86. The molecular weight excluding hydrogens is 399 g/mol. The lowest BCUT2D eigenvalue weighted by Crippen LogP contribution is -2.19. The van der Waals surface area contributed by atoms with E-state index in [1.807, 2.05) is 6.92 Å². The van der Waals surface area contributed by atoms with Gasteiger partial charge in [0.25, 0.3) is 11.8 Å². The highest BCUT2D eigenvalue weighted by atomic mass is 19.4. The van der Waals surface area contributed by atoms with E-state index in [2.05, 4.69) is 20.9 Å². The summed E-state index contributed by atoms with van der Waals surface area (Å²) in [5, 5.41) is 12.6. The lowest BCUT2D eigenvalue weighted by atomic mass is 10.1. The van der Waals surface area contributed by atoms with Crippen molar-refractivity contribution >= 4 is 23.2 Å². The van der Waals surface area contributed by atoms with E-state index in [1.54, 1.807) is 13.0 Å². The molecule has 0 aliphatic heterocycles. The number of halogens is 3. The van der Waals surface area contributed by atoms with Crippen molar-refractivity contribution in [3.63, 3.8) is 0 Å². The third-order valence-corrected chi connectivity index (χ3v) is 4.35. The SMILES string of the molecule is CCn1nncc1C(=O)Nc1cc(C(=O)Nc2cccc(C(F)(F)F)c2)ccc1C. The first-order valence-electron chi connectivity index (χ1n) is 8.98. The van der Waals surface area contributed by atoms with Gasteiger partial charge in [0.1, 0.15) is 5.69 Å². The highest BCUT2D eigenvalue weighted by Crippen LogP contribution is 2.30. The van der Waals surface area contributed by atoms with Gasteiger partial charge in [-0.1, -0.05) is 17.3 Å². The molecule has 1 heterocycles. The first kappa shape index (κ1) is 21.0. The minimum absolute atomic E-state index is 0.0129. The van der Waals surface area contributed by atoms with Gasteiger partial charge in [-0.3, -0.25) is 9.59 Å². The molecule has 0 bridgehead atoms. The predicted octanol–water partition coefficient (Wildman–Crippen LogP) is 4.13. The van der Waals surface area contributed by atoms with Crippen LogP contribution < -0.4 is 10.6 Å². The van der Waals surface area contributed by atoms with Gasteiger partial charge >= 0.3 is 6.18 Å². The fourth-order valence-corrected chi connectivity index (χ4v) is 2.73. The van der Waals surface area contributed by atoms with E-state index >= 15 is 0 Å². The van der Waals surface area contributed by atoms with E-state index in [-0.39, 0.29) is 16.9 Å². The first-order chi connectivity index (χ1) is 14.2. The molecule has 30 heavy (non-hydrogen) atoms. The van der Waals surface area contributed by atoms with Gasteiger partial charge in [0.15, 0.2) is 0 Å². The molecule has 0 saturated heterocycles. The van der Waals surface area contributed by atoms with Crippen LogP contribution in [0.3, 0.4) is 0 Å². The molecule has 0 saturated carbocycles. The maximum atomic E-state index is 12.9. The van der Waals surface area contributed by atoms with E-state index in [0.29, 0.717) is 17.8 Å². The molecule has 1 aromatic heterocycles. The lowest BCUT2D eigenvalue weighted by molar-refractivity contribution is -0.137. The van der Waals surface area contributed by atoms with Crippen LogP contribution in [0, 0.1) is 6.92 Å². The number of amides is 2. The van der Waals surface area contributed by atoms with Crippen molar-refractivity contribution in [2.75, 3.05) is 10.6 Å². The number of carbonyl (C=O) groups is 2. The predicted molar refractivity (Wildman–Crippen MR) is 104 cm³/mol. The van der Waals surface area contributed by atoms with Gasteiger partial charge in [0.2, 0.25) is 0 Å². The number of nitrogens with zero attached hydrogens (tertiary/aromatic N) is 3. The van der Waals surface area contributed by atoms with E-state index in [1.165, 1.54) is 35.1 Å². The molecule has 3 rings (SSSR count). The van der Waals surface area contributed by atoms with Crippen LogP contribution in [0.1, 0.15) is 38.9 Å². The summed E-state index contributed by atoms with van der Waals surface area (Å²) < 4.78 is 40.0. The van der Waals surface area contributed by atoms with Crippen molar-refractivity contribution in [1.82, 2.24) is 15.0 Å². The van der Waals surface area contributed by atoms with Gasteiger partial charge < -0.3 is 10.6 Å². The summed E-state index contributed by atoms with van der Waals surface area (Å²) in [5.74, 6) is -1.05. The second-order valence-electron chi connectivity index (χ2n) is 6.45. The number of hydrogen-bond acceptors (Lipinski definition) is 4. The highest BCUT2D eigenvalue weighted by Gasteiger charge is 2.30. The van der Waals surface area contributed by atoms with Crippen LogP contribution in [0.5, 0.6) is 0 Å². The zero-order chi connectivity index (χ0) is 21.9. The Balaban J connectivity index is 1.79. The maximum Gasteiger partial charge on any atom is 0.416 e. The minimum atomic E-state index is -4.51. The molecule has 0 aliphatic rings. The number of benzene rings is 2. The Morgan fingerprint density at radius 1 is 1.07 bits per heavy atom. The Labute approximate surface area is 169 Å². The molecule has 2 amide bonds. The first-order valence-corrected chi connectivity index (χ1v) is 8.98. The largest absolute Gasteiger partial charge is 0.416 e. The van der Waals surface area contributed by atoms with Gasteiger partial charge in [-0.05, 0) is 49.7 Å². The minimum Gasteiger partial charge on any atom is -0.322 e. The number of anilines is 2. The molecule has 0 aliphatic carbocycles. The Hall–Kier alpha value is -3.69. The third kappa shape index (κ3) is 4.65. The van der Waals surface area contributed by atoms with E-state index in [0.717, 1.165) is 12.1 Å². The summed E-state index contributed by atoms with van der Waals surface area (Å²) in [5.41, 5.74) is 0.679. The lowest BCUT2D eigenvalue weighted by Gasteiger charge is -2.12. The number of carbonyl (C=O) groups excluding carboxylic acids is 2. The highest BCUT2D eigenvalue weighted by molar-refractivity contribution is 6.07. The van der Waals surface area contributed by atoms with Crippen molar-refractivity contribution in [3.05, 3.63) is 71.0 Å². The van der Waals surface area contributed by atoms with Crippen LogP contribution >= 0.6 is 0 Å². The quantitative estimate of drug-likeness (QED) is 0.653. The molecule has 156 valence electrons. The van der Waals surface area contributed by atoms with Gasteiger partial charge in [-0.15, -0.1) is 5.10 Å². The normalized spacial score (nSPS) is 11.2. The van der Waals surface area contributed by atoms with Crippen LogP contribution in [0.2, 0.25) is 0 Å². The van der Waals surface area contributed by atoms with Crippen molar-refractivity contribution in [2.45, 2.75) is 26.6 Å². The Morgan fingerprint density at radius 2 is 1.83 bits per heavy atom. The number of rotatable bonds is 5. The summed E-state index contributed by atoms with van der Waals surface area (Å²) in [6.45, 7) is 4.02.